The number of methoxy groups -OCH3 is 1. The molecule has 0 aliphatic rings. The Bertz CT molecular complexity index is 473. The summed E-state index contributed by atoms with van der Waals surface area (Å²) in [6, 6.07) is 7.63. The highest BCUT2D eigenvalue weighted by Crippen LogP contribution is 2.20. The average molecular weight is 308 g/mol. The first-order valence-corrected chi connectivity index (χ1v) is 7.65. The van der Waals surface area contributed by atoms with Crippen molar-refractivity contribution in [3.8, 4) is 5.75 Å². The van der Waals surface area contributed by atoms with Gasteiger partial charge in [-0.25, -0.2) is 4.79 Å². The first kappa shape index (κ1) is 18.3. The van der Waals surface area contributed by atoms with Gasteiger partial charge in [0.05, 0.1) is 13.2 Å². The number of amides is 2. The average Bonchev–Trinajstić information content (AvgIpc) is 2.44. The predicted molar refractivity (Wildman–Crippen MR) is 88.2 cm³/mol. The highest BCUT2D eigenvalue weighted by molar-refractivity contribution is 5.73. The summed E-state index contributed by atoms with van der Waals surface area (Å²) in [6.07, 6.45) is 1.03. The lowest BCUT2D eigenvalue weighted by Crippen LogP contribution is -2.42. The van der Waals surface area contributed by atoms with Crippen LogP contribution in [0.5, 0.6) is 5.75 Å². The van der Waals surface area contributed by atoms with E-state index in [1.807, 2.05) is 38.1 Å². The molecule has 0 heterocycles. The number of hydrogen-bond acceptors (Lipinski definition) is 3. The SMILES string of the molecule is COc1cccc(CCNC(=O)NCC(C)(C)CC(C)O)c1. The molecule has 0 saturated heterocycles. The number of urea groups is 1. The van der Waals surface area contributed by atoms with Gasteiger partial charge < -0.3 is 20.5 Å². The van der Waals surface area contributed by atoms with Gasteiger partial charge in [0.1, 0.15) is 5.75 Å². The molecule has 2 amide bonds. The van der Waals surface area contributed by atoms with Crippen molar-refractivity contribution in [3.63, 3.8) is 0 Å². The van der Waals surface area contributed by atoms with Crippen LogP contribution in [0.3, 0.4) is 0 Å². The minimum atomic E-state index is -0.368. The molecule has 1 atom stereocenters. The van der Waals surface area contributed by atoms with Crippen LogP contribution in [-0.4, -0.2) is 37.4 Å². The molecule has 5 nitrogen and oxygen atoms in total. The molecule has 124 valence electrons. The summed E-state index contributed by atoms with van der Waals surface area (Å²) in [5.41, 5.74) is 0.993. The second-order valence-electron chi connectivity index (χ2n) is 6.43. The first-order valence-electron chi connectivity index (χ1n) is 7.65. The molecular weight excluding hydrogens is 280 g/mol. The Morgan fingerprint density at radius 2 is 2.09 bits per heavy atom. The van der Waals surface area contributed by atoms with Crippen LogP contribution in [0.15, 0.2) is 24.3 Å². The Hall–Kier alpha value is -1.75. The fourth-order valence-corrected chi connectivity index (χ4v) is 2.40. The monoisotopic (exact) mass is 308 g/mol. The van der Waals surface area contributed by atoms with E-state index in [-0.39, 0.29) is 17.6 Å². The zero-order valence-corrected chi connectivity index (χ0v) is 14.0. The van der Waals surface area contributed by atoms with Gasteiger partial charge in [-0.05, 0) is 42.9 Å². The summed E-state index contributed by atoms with van der Waals surface area (Å²) in [4.78, 5) is 11.8. The minimum absolute atomic E-state index is 0.127. The standard InChI is InChI=1S/C17H28N2O3/c1-13(20)11-17(2,3)12-19-16(21)18-9-8-14-6-5-7-15(10-14)22-4/h5-7,10,13,20H,8-9,11-12H2,1-4H3,(H2,18,19,21). The Morgan fingerprint density at radius 3 is 2.73 bits per heavy atom. The van der Waals surface area contributed by atoms with Crippen LogP contribution in [0.25, 0.3) is 0 Å². The zero-order valence-electron chi connectivity index (χ0n) is 14.0. The molecule has 5 heteroatoms. The van der Waals surface area contributed by atoms with E-state index in [2.05, 4.69) is 10.6 Å². The molecule has 1 unspecified atom stereocenters. The Kier molecular flexibility index (Phi) is 7.18. The molecule has 0 aliphatic heterocycles. The van der Waals surface area contributed by atoms with Gasteiger partial charge in [-0.2, -0.15) is 0 Å². The van der Waals surface area contributed by atoms with Crippen molar-refractivity contribution in [2.45, 2.75) is 39.7 Å². The molecule has 0 fully saturated rings. The van der Waals surface area contributed by atoms with Crippen molar-refractivity contribution < 1.29 is 14.6 Å². The van der Waals surface area contributed by atoms with E-state index in [9.17, 15) is 9.90 Å². The Morgan fingerprint density at radius 1 is 1.36 bits per heavy atom. The molecule has 0 spiro atoms. The van der Waals surface area contributed by atoms with E-state index in [4.69, 9.17) is 4.74 Å². The number of aliphatic hydroxyl groups is 1. The summed E-state index contributed by atoms with van der Waals surface area (Å²) in [6.45, 7) is 6.90. The summed E-state index contributed by atoms with van der Waals surface area (Å²) in [5, 5.41) is 15.1. The third-order valence-corrected chi connectivity index (χ3v) is 3.41. The number of benzene rings is 1. The topological polar surface area (TPSA) is 70.6 Å². The summed E-state index contributed by atoms with van der Waals surface area (Å²) in [5.74, 6) is 0.821. The second kappa shape index (κ2) is 8.63. The van der Waals surface area contributed by atoms with Gasteiger partial charge in [-0.1, -0.05) is 26.0 Å². The van der Waals surface area contributed by atoms with Crippen LogP contribution in [0, 0.1) is 5.41 Å². The van der Waals surface area contributed by atoms with Gasteiger partial charge in [0.25, 0.3) is 0 Å². The maximum atomic E-state index is 11.8. The molecule has 1 aromatic rings. The predicted octanol–water partition coefficient (Wildman–Crippen LogP) is 2.33. The molecule has 3 N–H and O–H groups in total. The molecule has 0 aromatic heterocycles. The number of hydrogen-bond donors (Lipinski definition) is 3. The number of rotatable bonds is 8. The van der Waals surface area contributed by atoms with E-state index in [0.29, 0.717) is 19.5 Å². The lowest BCUT2D eigenvalue weighted by molar-refractivity contribution is 0.129. The van der Waals surface area contributed by atoms with Gasteiger partial charge in [0.2, 0.25) is 0 Å². The maximum Gasteiger partial charge on any atom is 0.314 e. The molecule has 0 aliphatic carbocycles. The molecule has 0 bridgehead atoms. The van der Waals surface area contributed by atoms with Gasteiger partial charge >= 0.3 is 6.03 Å². The lowest BCUT2D eigenvalue weighted by Gasteiger charge is -2.26. The van der Waals surface area contributed by atoms with E-state index < -0.39 is 0 Å². The maximum absolute atomic E-state index is 11.8. The van der Waals surface area contributed by atoms with E-state index >= 15 is 0 Å². The van der Waals surface area contributed by atoms with Crippen molar-refractivity contribution in [1.82, 2.24) is 10.6 Å². The van der Waals surface area contributed by atoms with Gasteiger partial charge in [-0.3, -0.25) is 0 Å². The van der Waals surface area contributed by atoms with Crippen molar-refractivity contribution >= 4 is 6.03 Å². The molecule has 1 rings (SSSR count). The van der Waals surface area contributed by atoms with E-state index in [1.165, 1.54) is 0 Å². The van der Waals surface area contributed by atoms with Crippen LogP contribution in [0.2, 0.25) is 0 Å². The fourth-order valence-electron chi connectivity index (χ4n) is 2.40. The summed E-state index contributed by atoms with van der Waals surface area (Å²) >= 11 is 0. The highest BCUT2D eigenvalue weighted by atomic mass is 16.5. The third kappa shape index (κ3) is 7.31. The van der Waals surface area contributed by atoms with Crippen LogP contribution in [-0.2, 0) is 6.42 Å². The molecule has 0 saturated carbocycles. The lowest BCUT2D eigenvalue weighted by atomic mass is 9.87. The third-order valence-electron chi connectivity index (χ3n) is 3.41. The van der Waals surface area contributed by atoms with Crippen molar-refractivity contribution in [2.75, 3.05) is 20.2 Å². The smallest absolute Gasteiger partial charge is 0.314 e. The number of ether oxygens (including phenoxy) is 1. The molecule has 1 aromatic carbocycles. The quantitative estimate of drug-likeness (QED) is 0.690. The zero-order chi connectivity index (χ0) is 16.6. The van der Waals surface area contributed by atoms with Crippen LogP contribution >= 0.6 is 0 Å². The molecule has 22 heavy (non-hydrogen) atoms. The number of nitrogens with one attached hydrogen (secondary N) is 2. The number of aliphatic hydroxyl groups excluding tert-OH is 1. The van der Waals surface area contributed by atoms with Crippen molar-refractivity contribution in [2.24, 2.45) is 5.41 Å². The molecular formula is C17H28N2O3. The van der Waals surface area contributed by atoms with Crippen molar-refractivity contribution in [1.29, 1.82) is 0 Å². The van der Waals surface area contributed by atoms with Gasteiger partial charge in [-0.15, -0.1) is 0 Å². The Labute approximate surface area is 133 Å². The Balaban J connectivity index is 2.28. The van der Waals surface area contributed by atoms with E-state index in [0.717, 1.165) is 17.7 Å². The summed E-state index contributed by atoms with van der Waals surface area (Å²) < 4.78 is 5.17. The van der Waals surface area contributed by atoms with Gasteiger partial charge in [0, 0.05) is 13.1 Å². The van der Waals surface area contributed by atoms with Gasteiger partial charge in [0.15, 0.2) is 0 Å². The minimum Gasteiger partial charge on any atom is -0.497 e. The fraction of sp³-hybridized carbons (Fsp3) is 0.588. The second-order valence-corrected chi connectivity index (χ2v) is 6.43. The first-order chi connectivity index (χ1) is 10.3. The molecule has 0 radical (unpaired) electrons. The number of carbonyl (C=O) groups excluding carboxylic acids is 1. The van der Waals surface area contributed by atoms with Crippen LogP contribution < -0.4 is 15.4 Å². The highest BCUT2D eigenvalue weighted by Gasteiger charge is 2.20. The largest absolute Gasteiger partial charge is 0.497 e. The number of carbonyl (C=O) groups is 1. The summed E-state index contributed by atoms with van der Waals surface area (Å²) in [7, 11) is 1.64. The normalized spacial score (nSPS) is 12.6. The van der Waals surface area contributed by atoms with Crippen molar-refractivity contribution in [3.05, 3.63) is 29.8 Å². The van der Waals surface area contributed by atoms with E-state index in [1.54, 1.807) is 14.0 Å². The van der Waals surface area contributed by atoms with Crippen LogP contribution in [0.4, 0.5) is 4.79 Å². The van der Waals surface area contributed by atoms with Crippen LogP contribution in [0.1, 0.15) is 32.8 Å².